The molecule has 8 heteroatoms. The second kappa shape index (κ2) is 7.37. The molecule has 0 radical (unpaired) electrons. The van der Waals surface area contributed by atoms with Gasteiger partial charge in [0.15, 0.2) is 0 Å². The van der Waals surface area contributed by atoms with Gasteiger partial charge in [-0.25, -0.2) is 4.79 Å². The summed E-state index contributed by atoms with van der Waals surface area (Å²) in [5, 5.41) is 20.8. The maximum absolute atomic E-state index is 12.3. The molecule has 0 aromatic heterocycles. The highest BCUT2D eigenvalue weighted by atomic mass is 16.4. The van der Waals surface area contributed by atoms with E-state index in [1.54, 1.807) is 13.8 Å². The van der Waals surface area contributed by atoms with Crippen molar-refractivity contribution < 1.29 is 24.6 Å². The Bertz CT molecular complexity index is 413. The molecule has 21 heavy (non-hydrogen) atoms. The molecule has 0 spiro atoms. The normalized spacial score (nSPS) is 21.2. The van der Waals surface area contributed by atoms with Gasteiger partial charge in [-0.05, 0) is 18.8 Å². The molecule has 0 saturated carbocycles. The Hall–Kier alpha value is -1.67. The molecule has 2 amide bonds. The van der Waals surface area contributed by atoms with Crippen molar-refractivity contribution in [3.05, 3.63) is 0 Å². The predicted molar refractivity (Wildman–Crippen MR) is 74.2 cm³/mol. The highest BCUT2D eigenvalue weighted by molar-refractivity contribution is 5.92. The number of amides is 2. The van der Waals surface area contributed by atoms with E-state index in [1.807, 2.05) is 0 Å². The minimum Gasteiger partial charge on any atom is -0.480 e. The fourth-order valence-corrected chi connectivity index (χ4v) is 2.24. The molecule has 1 fully saturated rings. The number of carbonyl (C=O) groups excluding carboxylic acids is 2. The molecule has 1 aliphatic rings. The third-order valence-electron chi connectivity index (χ3n) is 3.64. The summed E-state index contributed by atoms with van der Waals surface area (Å²) in [6.07, 6.45) is 0.957. The summed E-state index contributed by atoms with van der Waals surface area (Å²) in [6.45, 7) is 3.23. The van der Waals surface area contributed by atoms with E-state index in [0.29, 0.717) is 19.4 Å². The van der Waals surface area contributed by atoms with Crippen LogP contribution in [0.15, 0.2) is 0 Å². The standard InChI is InChI=1S/C13H23N3O5/c1-7(2)10(14)11(18)15-8(6-17)12(19)16-5-3-4-9(16)13(20)21/h7-10,17H,3-6,14H2,1-2H3,(H,15,18)(H,20,21). The van der Waals surface area contributed by atoms with Crippen LogP contribution in [-0.4, -0.2) is 64.2 Å². The summed E-state index contributed by atoms with van der Waals surface area (Å²) >= 11 is 0. The van der Waals surface area contributed by atoms with Gasteiger partial charge in [-0.2, -0.15) is 0 Å². The van der Waals surface area contributed by atoms with E-state index in [2.05, 4.69) is 5.32 Å². The SMILES string of the molecule is CC(C)C(N)C(=O)NC(CO)C(=O)N1CCCC1C(=O)O. The van der Waals surface area contributed by atoms with Gasteiger partial charge in [0.1, 0.15) is 12.1 Å². The van der Waals surface area contributed by atoms with Gasteiger partial charge >= 0.3 is 5.97 Å². The zero-order chi connectivity index (χ0) is 16.2. The first-order valence-corrected chi connectivity index (χ1v) is 6.99. The summed E-state index contributed by atoms with van der Waals surface area (Å²) in [5.74, 6) is -2.32. The zero-order valence-electron chi connectivity index (χ0n) is 12.3. The van der Waals surface area contributed by atoms with Gasteiger partial charge < -0.3 is 26.2 Å². The predicted octanol–water partition coefficient (Wildman–Crippen LogP) is -1.48. The number of aliphatic hydroxyl groups excluding tert-OH is 1. The molecule has 1 rings (SSSR count). The van der Waals surface area contributed by atoms with Crippen molar-refractivity contribution in [2.45, 2.75) is 44.8 Å². The minimum atomic E-state index is -1.16. The zero-order valence-corrected chi connectivity index (χ0v) is 12.3. The lowest BCUT2D eigenvalue weighted by molar-refractivity contribution is -0.150. The van der Waals surface area contributed by atoms with E-state index in [1.165, 1.54) is 4.90 Å². The van der Waals surface area contributed by atoms with Crippen molar-refractivity contribution >= 4 is 17.8 Å². The molecule has 1 saturated heterocycles. The highest BCUT2D eigenvalue weighted by Gasteiger charge is 2.37. The van der Waals surface area contributed by atoms with Crippen LogP contribution in [0, 0.1) is 5.92 Å². The highest BCUT2D eigenvalue weighted by Crippen LogP contribution is 2.18. The number of hydrogen-bond acceptors (Lipinski definition) is 5. The number of carbonyl (C=O) groups is 3. The van der Waals surface area contributed by atoms with E-state index < -0.39 is 42.5 Å². The Kier molecular flexibility index (Phi) is 6.10. The quantitative estimate of drug-likeness (QED) is 0.473. The van der Waals surface area contributed by atoms with Crippen LogP contribution in [0.2, 0.25) is 0 Å². The first-order chi connectivity index (χ1) is 9.79. The monoisotopic (exact) mass is 301 g/mol. The molecule has 3 unspecified atom stereocenters. The van der Waals surface area contributed by atoms with Crippen molar-refractivity contribution in [1.82, 2.24) is 10.2 Å². The topological polar surface area (TPSA) is 133 Å². The van der Waals surface area contributed by atoms with Crippen LogP contribution in [0.1, 0.15) is 26.7 Å². The number of aliphatic hydroxyl groups is 1. The number of aliphatic carboxylic acids is 1. The maximum atomic E-state index is 12.3. The molecule has 0 aliphatic carbocycles. The maximum Gasteiger partial charge on any atom is 0.326 e. The van der Waals surface area contributed by atoms with E-state index in [4.69, 9.17) is 10.8 Å². The molecule has 0 aromatic rings. The lowest BCUT2D eigenvalue weighted by atomic mass is 10.0. The molecule has 120 valence electrons. The van der Waals surface area contributed by atoms with Crippen molar-refractivity contribution in [1.29, 1.82) is 0 Å². The van der Waals surface area contributed by atoms with Gasteiger partial charge in [0.05, 0.1) is 12.6 Å². The van der Waals surface area contributed by atoms with E-state index >= 15 is 0 Å². The molecule has 0 aromatic carbocycles. The second-order valence-electron chi connectivity index (χ2n) is 5.54. The van der Waals surface area contributed by atoms with Crippen LogP contribution >= 0.6 is 0 Å². The number of nitrogens with one attached hydrogen (secondary N) is 1. The lowest BCUT2D eigenvalue weighted by Crippen LogP contribution is -2.56. The van der Waals surface area contributed by atoms with Crippen LogP contribution in [0.25, 0.3) is 0 Å². The largest absolute Gasteiger partial charge is 0.480 e. The molecule has 8 nitrogen and oxygen atoms in total. The number of hydrogen-bond donors (Lipinski definition) is 4. The molecule has 1 aliphatic heterocycles. The number of carboxylic acid groups (broad SMARTS) is 1. The van der Waals surface area contributed by atoms with Gasteiger partial charge in [0.25, 0.3) is 0 Å². The van der Waals surface area contributed by atoms with Gasteiger partial charge in [0.2, 0.25) is 11.8 Å². The molecular weight excluding hydrogens is 278 g/mol. The van der Waals surface area contributed by atoms with Crippen molar-refractivity contribution in [3.63, 3.8) is 0 Å². The smallest absolute Gasteiger partial charge is 0.326 e. The third kappa shape index (κ3) is 4.15. The Morgan fingerprint density at radius 1 is 1.38 bits per heavy atom. The summed E-state index contributed by atoms with van der Waals surface area (Å²) in [7, 11) is 0. The Morgan fingerprint density at radius 3 is 2.48 bits per heavy atom. The fraction of sp³-hybridized carbons (Fsp3) is 0.769. The van der Waals surface area contributed by atoms with Crippen LogP contribution < -0.4 is 11.1 Å². The van der Waals surface area contributed by atoms with Crippen molar-refractivity contribution in [2.75, 3.05) is 13.2 Å². The summed E-state index contributed by atoms with van der Waals surface area (Å²) in [5.41, 5.74) is 5.68. The fourth-order valence-electron chi connectivity index (χ4n) is 2.24. The van der Waals surface area contributed by atoms with Crippen LogP contribution in [0.3, 0.4) is 0 Å². The van der Waals surface area contributed by atoms with Crippen LogP contribution in [-0.2, 0) is 14.4 Å². The molecule has 1 heterocycles. The van der Waals surface area contributed by atoms with E-state index in [0.717, 1.165) is 0 Å². The average Bonchev–Trinajstić information content (AvgIpc) is 2.92. The molecule has 0 bridgehead atoms. The van der Waals surface area contributed by atoms with E-state index in [9.17, 15) is 19.5 Å². The van der Waals surface area contributed by atoms with E-state index in [-0.39, 0.29) is 5.92 Å². The number of nitrogens with zero attached hydrogens (tertiary/aromatic N) is 1. The van der Waals surface area contributed by atoms with Crippen LogP contribution in [0.4, 0.5) is 0 Å². The Balaban J connectivity index is 2.73. The Morgan fingerprint density at radius 2 is 2.00 bits per heavy atom. The third-order valence-corrected chi connectivity index (χ3v) is 3.64. The number of rotatable bonds is 6. The summed E-state index contributed by atoms with van der Waals surface area (Å²) < 4.78 is 0. The number of carboxylic acids is 1. The average molecular weight is 301 g/mol. The lowest BCUT2D eigenvalue weighted by Gasteiger charge is -2.27. The van der Waals surface area contributed by atoms with Crippen molar-refractivity contribution in [3.8, 4) is 0 Å². The van der Waals surface area contributed by atoms with Crippen LogP contribution in [0.5, 0.6) is 0 Å². The number of nitrogens with two attached hydrogens (primary N) is 1. The summed E-state index contributed by atoms with van der Waals surface area (Å²) in [4.78, 5) is 36.4. The Labute approximate surface area is 123 Å². The van der Waals surface area contributed by atoms with Gasteiger partial charge in [-0.1, -0.05) is 13.8 Å². The summed E-state index contributed by atoms with van der Waals surface area (Å²) in [6, 6.07) is -2.86. The minimum absolute atomic E-state index is 0.113. The van der Waals surface area contributed by atoms with Gasteiger partial charge in [0, 0.05) is 6.54 Å². The van der Waals surface area contributed by atoms with Gasteiger partial charge in [-0.3, -0.25) is 9.59 Å². The first kappa shape index (κ1) is 17.4. The number of likely N-dealkylation sites (tertiary alicyclic amines) is 1. The molecular formula is C13H23N3O5. The first-order valence-electron chi connectivity index (χ1n) is 6.99. The van der Waals surface area contributed by atoms with Crippen molar-refractivity contribution in [2.24, 2.45) is 11.7 Å². The molecule has 3 atom stereocenters. The second-order valence-corrected chi connectivity index (χ2v) is 5.54. The van der Waals surface area contributed by atoms with Gasteiger partial charge in [-0.15, -0.1) is 0 Å². The molecule has 5 N–H and O–H groups in total.